The van der Waals surface area contributed by atoms with Crippen LogP contribution < -0.4 is 5.32 Å². The van der Waals surface area contributed by atoms with Crippen LogP contribution in [0.1, 0.15) is 41.0 Å². The first-order valence-electron chi connectivity index (χ1n) is 4.31. The Morgan fingerprint density at radius 2 is 1.80 bits per heavy atom. The molecule has 0 aliphatic rings. The van der Waals surface area contributed by atoms with Crippen molar-refractivity contribution < 1.29 is 0 Å². The quantitative estimate of drug-likeness (QED) is 0.637. The monoisotopic (exact) mass is 143 g/mol. The van der Waals surface area contributed by atoms with Crippen LogP contribution in [0.25, 0.3) is 0 Å². The van der Waals surface area contributed by atoms with Crippen LogP contribution in [0.3, 0.4) is 0 Å². The molecular weight excluding hydrogens is 122 g/mol. The van der Waals surface area contributed by atoms with Crippen molar-refractivity contribution in [1.29, 1.82) is 0 Å². The van der Waals surface area contributed by atoms with Gasteiger partial charge in [-0.1, -0.05) is 27.7 Å². The lowest BCUT2D eigenvalue weighted by Crippen LogP contribution is -2.46. The van der Waals surface area contributed by atoms with Crippen LogP contribution in [-0.2, 0) is 0 Å². The molecule has 0 aliphatic heterocycles. The summed E-state index contributed by atoms with van der Waals surface area (Å²) in [6.45, 7) is 12.3. The Morgan fingerprint density at radius 1 is 1.30 bits per heavy atom. The van der Waals surface area contributed by atoms with Gasteiger partial charge in [0.1, 0.15) is 0 Å². The van der Waals surface area contributed by atoms with Crippen LogP contribution >= 0.6 is 0 Å². The lowest BCUT2D eigenvalue weighted by atomic mass is 9.86. The molecule has 0 heterocycles. The zero-order valence-corrected chi connectivity index (χ0v) is 7.99. The van der Waals surface area contributed by atoms with E-state index in [9.17, 15) is 0 Å². The van der Waals surface area contributed by atoms with Crippen LogP contribution in [0.5, 0.6) is 0 Å². The Bertz CT molecular complexity index is 88.7. The van der Waals surface area contributed by atoms with E-state index in [1.807, 2.05) is 0 Å². The average molecular weight is 143 g/mol. The van der Waals surface area contributed by atoms with E-state index in [0.717, 1.165) is 12.5 Å². The Kier molecular flexibility index (Phi) is 3.95. The van der Waals surface area contributed by atoms with Gasteiger partial charge in [-0.15, -0.1) is 0 Å². The molecule has 0 amide bonds. The third kappa shape index (κ3) is 2.30. The van der Waals surface area contributed by atoms with Crippen LogP contribution in [0.2, 0.25) is 0 Å². The predicted octanol–water partition coefficient (Wildman–Crippen LogP) is 2.42. The number of rotatable bonds is 4. The van der Waals surface area contributed by atoms with Gasteiger partial charge in [0.15, 0.2) is 0 Å². The summed E-state index contributed by atoms with van der Waals surface area (Å²) in [6.07, 6.45) is 1.21. The Balaban J connectivity index is 3.94. The van der Waals surface area contributed by atoms with Crippen molar-refractivity contribution in [2.24, 2.45) is 5.92 Å². The van der Waals surface area contributed by atoms with E-state index in [2.05, 4.69) is 39.9 Å². The molecule has 0 aromatic carbocycles. The van der Waals surface area contributed by atoms with Crippen molar-refractivity contribution in [1.82, 2.24) is 5.32 Å². The van der Waals surface area contributed by atoms with E-state index in [1.165, 1.54) is 6.42 Å². The molecule has 1 heteroatoms. The summed E-state index contributed by atoms with van der Waals surface area (Å²) in [7, 11) is 0. The minimum Gasteiger partial charge on any atom is -0.312 e. The van der Waals surface area contributed by atoms with Gasteiger partial charge in [-0.2, -0.15) is 0 Å². The molecule has 0 aromatic heterocycles. The molecule has 0 saturated carbocycles. The molecule has 62 valence electrons. The maximum atomic E-state index is 3.51. The molecule has 1 atom stereocenters. The number of nitrogens with one attached hydrogen (secondary N) is 1. The van der Waals surface area contributed by atoms with E-state index in [-0.39, 0.29) is 0 Å². The molecule has 0 radical (unpaired) electrons. The highest BCUT2D eigenvalue weighted by molar-refractivity contribution is 4.83. The smallest absolute Gasteiger partial charge is 0.0173 e. The first kappa shape index (κ1) is 9.96. The van der Waals surface area contributed by atoms with E-state index >= 15 is 0 Å². The molecule has 0 saturated heterocycles. The third-order valence-corrected chi connectivity index (χ3v) is 2.59. The first-order chi connectivity index (χ1) is 4.56. The van der Waals surface area contributed by atoms with E-state index in [0.29, 0.717) is 5.54 Å². The van der Waals surface area contributed by atoms with Crippen molar-refractivity contribution in [3.8, 4) is 0 Å². The maximum absolute atomic E-state index is 3.51. The summed E-state index contributed by atoms with van der Waals surface area (Å²) in [5.41, 5.74) is 0.342. The van der Waals surface area contributed by atoms with Gasteiger partial charge in [0, 0.05) is 5.54 Å². The van der Waals surface area contributed by atoms with E-state index in [1.54, 1.807) is 0 Å². The Labute approximate surface area is 65.2 Å². The summed E-state index contributed by atoms with van der Waals surface area (Å²) in [5, 5.41) is 3.51. The van der Waals surface area contributed by atoms with Crippen molar-refractivity contribution in [3.05, 3.63) is 0 Å². The Morgan fingerprint density at radius 3 is 1.90 bits per heavy atom. The highest BCUT2D eigenvalue weighted by Gasteiger charge is 2.23. The second-order valence-corrected chi connectivity index (χ2v) is 3.46. The lowest BCUT2D eigenvalue weighted by Gasteiger charge is -2.33. The molecule has 1 N–H and O–H groups in total. The van der Waals surface area contributed by atoms with Crippen LogP contribution in [0, 0.1) is 5.92 Å². The highest BCUT2D eigenvalue weighted by atomic mass is 15.0. The SMILES string of the molecule is CCN[C@@](C)(CC)C(C)C. The van der Waals surface area contributed by atoms with Crippen LogP contribution in [-0.4, -0.2) is 12.1 Å². The minimum atomic E-state index is 0.342. The molecule has 1 nitrogen and oxygen atoms in total. The summed E-state index contributed by atoms with van der Waals surface area (Å²) in [4.78, 5) is 0. The van der Waals surface area contributed by atoms with Crippen LogP contribution in [0.15, 0.2) is 0 Å². The zero-order valence-electron chi connectivity index (χ0n) is 7.99. The van der Waals surface area contributed by atoms with Crippen molar-refractivity contribution in [2.45, 2.75) is 46.6 Å². The van der Waals surface area contributed by atoms with Gasteiger partial charge in [-0.05, 0) is 25.8 Å². The third-order valence-electron chi connectivity index (χ3n) is 2.59. The second kappa shape index (κ2) is 3.97. The summed E-state index contributed by atoms with van der Waals surface area (Å²) in [6, 6.07) is 0. The summed E-state index contributed by atoms with van der Waals surface area (Å²) >= 11 is 0. The van der Waals surface area contributed by atoms with Gasteiger partial charge in [0.05, 0.1) is 0 Å². The van der Waals surface area contributed by atoms with Crippen LogP contribution in [0.4, 0.5) is 0 Å². The molecule has 0 fully saturated rings. The molecular formula is C9H21N. The highest BCUT2D eigenvalue weighted by Crippen LogP contribution is 2.19. The van der Waals surface area contributed by atoms with Gasteiger partial charge in [-0.3, -0.25) is 0 Å². The molecule has 0 rings (SSSR count). The lowest BCUT2D eigenvalue weighted by molar-refractivity contribution is 0.257. The van der Waals surface area contributed by atoms with E-state index < -0.39 is 0 Å². The minimum absolute atomic E-state index is 0.342. The average Bonchev–Trinajstić information content (AvgIpc) is 1.88. The number of hydrogen-bond donors (Lipinski definition) is 1. The fourth-order valence-electron chi connectivity index (χ4n) is 1.14. The van der Waals surface area contributed by atoms with Gasteiger partial charge in [0.2, 0.25) is 0 Å². The van der Waals surface area contributed by atoms with Crippen molar-refractivity contribution in [3.63, 3.8) is 0 Å². The predicted molar refractivity (Wildman–Crippen MR) is 47.2 cm³/mol. The van der Waals surface area contributed by atoms with Crippen molar-refractivity contribution >= 4 is 0 Å². The Hall–Kier alpha value is -0.0400. The van der Waals surface area contributed by atoms with E-state index in [4.69, 9.17) is 0 Å². The molecule has 0 aliphatic carbocycles. The topological polar surface area (TPSA) is 12.0 Å². The normalized spacial score (nSPS) is 17.4. The van der Waals surface area contributed by atoms with Gasteiger partial charge < -0.3 is 5.32 Å². The largest absolute Gasteiger partial charge is 0.312 e. The molecule has 0 spiro atoms. The zero-order chi connectivity index (χ0) is 8.20. The fourth-order valence-corrected chi connectivity index (χ4v) is 1.14. The van der Waals surface area contributed by atoms with Gasteiger partial charge in [-0.25, -0.2) is 0 Å². The molecule has 0 aromatic rings. The molecule has 10 heavy (non-hydrogen) atoms. The second-order valence-electron chi connectivity index (χ2n) is 3.46. The fraction of sp³-hybridized carbons (Fsp3) is 1.00. The number of hydrogen-bond acceptors (Lipinski definition) is 1. The first-order valence-corrected chi connectivity index (χ1v) is 4.31. The standard InChI is InChI=1S/C9H21N/c1-6-9(5,8(3)4)10-7-2/h8,10H,6-7H2,1-5H3/t9-/m0/s1. The molecule has 0 bridgehead atoms. The summed E-state index contributed by atoms with van der Waals surface area (Å²) < 4.78 is 0. The maximum Gasteiger partial charge on any atom is 0.0173 e. The summed E-state index contributed by atoms with van der Waals surface area (Å²) in [5.74, 6) is 0.720. The van der Waals surface area contributed by atoms with Gasteiger partial charge in [0.25, 0.3) is 0 Å². The van der Waals surface area contributed by atoms with Crippen molar-refractivity contribution in [2.75, 3.05) is 6.54 Å². The molecule has 0 unspecified atom stereocenters. The van der Waals surface area contributed by atoms with Gasteiger partial charge >= 0.3 is 0 Å².